The van der Waals surface area contributed by atoms with Gasteiger partial charge in [0.15, 0.2) is 6.73 Å². The second kappa shape index (κ2) is 8.33. The van der Waals surface area contributed by atoms with Crippen LogP contribution in [-0.4, -0.2) is 30.8 Å². The number of rotatable bonds is 3. The van der Waals surface area contributed by atoms with Crippen LogP contribution in [0.15, 0.2) is 46.0 Å². The third-order valence-corrected chi connectivity index (χ3v) is 5.32. The molecule has 0 saturated heterocycles. The molecule has 0 aromatic heterocycles. The number of carbonyl (C=O) groups excluding carboxylic acids is 1. The molecule has 1 aliphatic rings. The fourth-order valence-corrected chi connectivity index (χ4v) is 3.99. The summed E-state index contributed by atoms with van der Waals surface area (Å²) in [6, 6.07) is 9.00. The second-order valence-corrected chi connectivity index (χ2v) is 7.50. The number of nitrogens with zero attached hydrogens (tertiary/aromatic N) is 2. The summed E-state index contributed by atoms with van der Waals surface area (Å²) in [5.41, 5.74) is 8.09. The van der Waals surface area contributed by atoms with Crippen LogP contribution in [-0.2, 0) is 6.54 Å². The van der Waals surface area contributed by atoms with Crippen molar-refractivity contribution in [3.8, 4) is 5.75 Å². The first-order valence-electron chi connectivity index (χ1n) is 7.99. The highest BCUT2D eigenvalue weighted by Gasteiger charge is 2.27. The highest BCUT2D eigenvalue weighted by Crippen LogP contribution is 2.35. The van der Waals surface area contributed by atoms with Crippen molar-refractivity contribution in [2.45, 2.75) is 6.54 Å². The number of amides is 1. The van der Waals surface area contributed by atoms with Gasteiger partial charge in [0.1, 0.15) is 5.75 Å². The van der Waals surface area contributed by atoms with Crippen LogP contribution in [0, 0.1) is 0 Å². The molecule has 2 aromatic carbocycles. The largest absolute Gasteiger partial charge is 0.471 e. The van der Waals surface area contributed by atoms with E-state index in [-0.39, 0.29) is 28.2 Å². The maximum Gasteiger partial charge on any atom is 0.259 e. The molecule has 0 aliphatic carbocycles. The Morgan fingerprint density at radius 3 is 2.67 bits per heavy atom. The first-order chi connectivity index (χ1) is 13.0. The van der Waals surface area contributed by atoms with Crippen LogP contribution in [0.2, 0.25) is 10.0 Å². The van der Waals surface area contributed by atoms with Gasteiger partial charge in [-0.3, -0.25) is 9.79 Å². The van der Waals surface area contributed by atoms with Crippen molar-refractivity contribution >= 4 is 56.8 Å². The molecule has 140 valence electrons. The highest BCUT2D eigenvalue weighted by atomic mass is 79.9. The minimum absolute atomic E-state index is 0.110. The summed E-state index contributed by atoms with van der Waals surface area (Å²) in [6.45, 7) is 0.512. The van der Waals surface area contributed by atoms with Gasteiger partial charge in [-0.1, -0.05) is 35.3 Å². The lowest BCUT2D eigenvalue weighted by molar-refractivity contribution is 0.0512. The average molecular weight is 469 g/mol. The first-order valence-corrected chi connectivity index (χ1v) is 9.54. The number of benzene rings is 2. The molecule has 1 aliphatic heterocycles. The Balaban J connectivity index is 1.92. The topological polar surface area (TPSA) is 67.9 Å². The van der Waals surface area contributed by atoms with Crippen LogP contribution in [0.1, 0.15) is 21.5 Å². The molecule has 0 atom stereocenters. The molecule has 5 nitrogen and oxygen atoms in total. The molecule has 0 bridgehead atoms. The zero-order valence-electron chi connectivity index (χ0n) is 14.4. The Bertz CT molecular complexity index is 937. The van der Waals surface area contributed by atoms with Crippen LogP contribution < -0.4 is 10.5 Å². The van der Waals surface area contributed by atoms with Crippen molar-refractivity contribution in [2.24, 2.45) is 10.7 Å². The molecule has 8 heteroatoms. The number of hydrogen-bond donors (Lipinski definition) is 1. The monoisotopic (exact) mass is 467 g/mol. The molecule has 0 saturated carbocycles. The van der Waals surface area contributed by atoms with Crippen molar-refractivity contribution in [1.29, 1.82) is 0 Å². The van der Waals surface area contributed by atoms with E-state index < -0.39 is 0 Å². The van der Waals surface area contributed by atoms with Gasteiger partial charge in [-0.15, -0.1) is 0 Å². The summed E-state index contributed by atoms with van der Waals surface area (Å²) in [5.74, 6) is 0.440. The van der Waals surface area contributed by atoms with Gasteiger partial charge in [0.05, 0.1) is 26.6 Å². The normalized spacial score (nSPS) is 14.2. The van der Waals surface area contributed by atoms with E-state index in [9.17, 15) is 4.79 Å². The minimum Gasteiger partial charge on any atom is -0.471 e. The summed E-state index contributed by atoms with van der Waals surface area (Å²) in [4.78, 5) is 18.5. The zero-order chi connectivity index (χ0) is 19.6. The van der Waals surface area contributed by atoms with Gasteiger partial charge in [-0.2, -0.15) is 0 Å². The van der Waals surface area contributed by atoms with Crippen LogP contribution in [0.4, 0.5) is 0 Å². The van der Waals surface area contributed by atoms with Crippen molar-refractivity contribution in [3.05, 3.63) is 67.7 Å². The first kappa shape index (κ1) is 19.7. The van der Waals surface area contributed by atoms with Crippen LogP contribution in [0.25, 0.3) is 5.57 Å². The van der Waals surface area contributed by atoms with Gasteiger partial charge in [0.2, 0.25) is 0 Å². The molecule has 27 heavy (non-hydrogen) atoms. The molecule has 0 radical (unpaired) electrons. The Labute approximate surface area is 175 Å². The lowest BCUT2D eigenvalue weighted by Crippen LogP contribution is -2.37. The molecule has 1 heterocycles. The lowest BCUT2D eigenvalue weighted by atomic mass is 10.0. The second-order valence-electron chi connectivity index (χ2n) is 5.83. The molecule has 1 amide bonds. The standard InChI is InChI=1S/C19H16BrCl2N3O2/c1-24-8-13(7-23)12-5-15(21)17(16(22)6-12)19(26)25-9-11-3-2-4-14(20)18(11)27-10-25/h2-8H,9-10,23H2,1H3. The third kappa shape index (κ3) is 3.98. The van der Waals surface area contributed by atoms with Gasteiger partial charge < -0.3 is 15.4 Å². The number of aliphatic imine (C=N–C) groups is 1. The van der Waals surface area contributed by atoms with E-state index in [1.54, 1.807) is 30.3 Å². The van der Waals surface area contributed by atoms with E-state index >= 15 is 0 Å². The van der Waals surface area contributed by atoms with Crippen LogP contribution in [0.5, 0.6) is 5.75 Å². The minimum atomic E-state index is -0.301. The molecule has 0 spiro atoms. The van der Waals surface area contributed by atoms with E-state index in [1.165, 1.54) is 6.20 Å². The predicted octanol–water partition coefficient (Wildman–Crippen LogP) is 4.75. The number of fused-ring (bicyclic) bond motifs is 1. The van der Waals surface area contributed by atoms with Crippen molar-refractivity contribution in [2.75, 3.05) is 13.8 Å². The smallest absolute Gasteiger partial charge is 0.259 e. The molecule has 2 aromatic rings. The molecule has 2 N–H and O–H groups in total. The van der Waals surface area contributed by atoms with E-state index in [1.807, 2.05) is 18.2 Å². The summed E-state index contributed by atoms with van der Waals surface area (Å²) in [7, 11) is 1.64. The quantitative estimate of drug-likeness (QED) is 0.661. The Morgan fingerprint density at radius 2 is 2.04 bits per heavy atom. The Kier molecular flexibility index (Phi) is 6.09. The van der Waals surface area contributed by atoms with Crippen LogP contribution in [0.3, 0.4) is 0 Å². The maximum atomic E-state index is 13.0. The molecule has 0 unspecified atom stereocenters. The predicted molar refractivity (Wildman–Crippen MR) is 113 cm³/mol. The highest BCUT2D eigenvalue weighted by molar-refractivity contribution is 9.10. The summed E-state index contributed by atoms with van der Waals surface area (Å²) in [6.07, 6.45) is 3.00. The van der Waals surface area contributed by atoms with E-state index in [0.717, 1.165) is 15.8 Å². The number of halogens is 3. The Morgan fingerprint density at radius 1 is 1.33 bits per heavy atom. The maximum absolute atomic E-state index is 13.0. The lowest BCUT2D eigenvalue weighted by Gasteiger charge is -2.30. The van der Waals surface area contributed by atoms with Crippen LogP contribution >= 0.6 is 39.1 Å². The fraction of sp³-hybridized carbons (Fsp3) is 0.158. The summed E-state index contributed by atoms with van der Waals surface area (Å²) in [5, 5.41) is 0.484. The third-order valence-electron chi connectivity index (χ3n) is 4.10. The molecule has 0 fully saturated rings. The fourth-order valence-electron chi connectivity index (χ4n) is 2.82. The van der Waals surface area contributed by atoms with Gasteiger partial charge in [0.25, 0.3) is 5.91 Å². The number of para-hydroxylation sites is 1. The SMILES string of the molecule is CN=CC(=CN)c1cc(Cl)c(C(=O)N2COc3c(Br)cccc3C2)c(Cl)c1. The number of ether oxygens (including phenoxy) is 1. The average Bonchev–Trinajstić information content (AvgIpc) is 2.65. The van der Waals surface area contributed by atoms with E-state index in [2.05, 4.69) is 20.9 Å². The molecular weight excluding hydrogens is 453 g/mol. The molecular formula is C19H16BrCl2N3O2. The zero-order valence-corrected chi connectivity index (χ0v) is 17.5. The van der Waals surface area contributed by atoms with Gasteiger partial charge >= 0.3 is 0 Å². The number of carbonyl (C=O) groups is 1. The van der Waals surface area contributed by atoms with Crippen molar-refractivity contribution in [1.82, 2.24) is 4.90 Å². The summed E-state index contributed by atoms with van der Waals surface area (Å²) >= 11 is 16.2. The number of allylic oxidation sites excluding steroid dienone is 1. The van der Waals surface area contributed by atoms with E-state index in [4.69, 9.17) is 33.7 Å². The Hall–Kier alpha value is -2.02. The number of nitrogens with two attached hydrogens (primary N) is 1. The van der Waals surface area contributed by atoms with Gasteiger partial charge in [-0.25, -0.2) is 0 Å². The van der Waals surface area contributed by atoms with E-state index in [0.29, 0.717) is 17.7 Å². The number of hydrogen-bond acceptors (Lipinski definition) is 4. The van der Waals surface area contributed by atoms with Crippen molar-refractivity contribution in [3.63, 3.8) is 0 Å². The van der Waals surface area contributed by atoms with Gasteiger partial charge in [0, 0.05) is 30.6 Å². The van der Waals surface area contributed by atoms with Crippen molar-refractivity contribution < 1.29 is 9.53 Å². The molecule has 3 rings (SSSR count). The van der Waals surface area contributed by atoms with Gasteiger partial charge in [-0.05, 0) is 39.7 Å². The summed E-state index contributed by atoms with van der Waals surface area (Å²) < 4.78 is 6.58.